The van der Waals surface area contributed by atoms with Crippen LogP contribution in [0.5, 0.6) is 0 Å². The molecule has 0 spiro atoms. The Morgan fingerprint density at radius 1 is 1.44 bits per heavy atom. The predicted octanol–water partition coefficient (Wildman–Crippen LogP) is 4.74. The van der Waals surface area contributed by atoms with Crippen molar-refractivity contribution in [2.24, 2.45) is 0 Å². The molecule has 0 aliphatic carbocycles. The molecule has 0 heterocycles. The molecule has 0 fully saturated rings. The van der Waals surface area contributed by atoms with Gasteiger partial charge >= 0.3 is 0 Å². The Morgan fingerprint density at radius 2 is 2.17 bits per heavy atom. The van der Waals surface area contributed by atoms with E-state index in [9.17, 15) is 10.1 Å². The fourth-order valence-electron chi connectivity index (χ4n) is 1.83. The fourth-order valence-corrected chi connectivity index (χ4v) is 2.18. The molecule has 0 amide bonds. The summed E-state index contributed by atoms with van der Waals surface area (Å²) in [6, 6.07) is 5.41. The molecule has 1 rings (SSSR count). The largest absolute Gasteiger partial charge is 0.377 e. The minimum absolute atomic E-state index is 0.124. The Labute approximate surface area is 116 Å². The summed E-state index contributed by atoms with van der Waals surface area (Å²) in [6.45, 7) is 4.24. The van der Waals surface area contributed by atoms with E-state index in [1.165, 1.54) is 6.07 Å². The number of hydrogen-bond donors (Lipinski definition) is 1. The zero-order valence-corrected chi connectivity index (χ0v) is 12.4. The van der Waals surface area contributed by atoms with Crippen LogP contribution in [0.25, 0.3) is 0 Å². The van der Waals surface area contributed by atoms with E-state index >= 15 is 0 Å². The smallest absolute Gasteiger partial charge is 0.293 e. The highest BCUT2D eigenvalue weighted by atomic mass is 79.9. The van der Waals surface area contributed by atoms with Gasteiger partial charge in [-0.25, -0.2) is 0 Å². The van der Waals surface area contributed by atoms with E-state index in [-0.39, 0.29) is 10.6 Å². The fraction of sp³-hybridized carbons (Fsp3) is 0.538. The first-order valence-corrected chi connectivity index (χ1v) is 7.08. The summed E-state index contributed by atoms with van der Waals surface area (Å²) < 4.78 is 0.723. The Bertz CT molecular complexity index is 410. The number of nitro groups is 1. The molecule has 1 aromatic rings. The minimum atomic E-state index is -0.348. The summed E-state index contributed by atoms with van der Waals surface area (Å²) in [6.07, 6.45) is 4.28. The number of nitro benzene ring substituents is 1. The lowest BCUT2D eigenvalue weighted by Gasteiger charge is -2.18. The Balaban J connectivity index is 2.84. The van der Waals surface area contributed by atoms with E-state index in [2.05, 4.69) is 35.1 Å². The van der Waals surface area contributed by atoms with Crippen LogP contribution in [0, 0.1) is 10.1 Å². The monoisotopic (exact) mass is 314 g/mol. The average molecular weight is 315 g/mol. The average Bonchev–Trinajstić information content (AvgIpc) is 2.35. The summed E-state index contributed by atoms with van der Waals surface area (Å²) in [5.41, 5.74) is 0.727. The maximum atomic E-state index is 11.0. The number of hydrogen-bond acceptors (Lipinski definition) is 3. The second-order valence-electron chi connectivity index (χ2n) is 4.31. The predicted molar refractivity (Wildman–Crippen MR) is 78.0 cm³/mol. The van der Waals surface area contributed by atoms with Gasteiger partial charge in [-0.3, -0.25) is 10.1 Å². The van der Waals surface area contributed by atoms with Gasteiger partial charge in [0.15, 0.2) is 0 Å². The quantitative estimate of drug-likeness (QED) is 0.584. The highest BCUT2D eigenvalue weighted by molar-refractivity contribution is 9.10. The lowest BCUT2D eigenvalue weighted by molar-refractivity contribution is -0.384. The topological polar surface area (TPSA) is 55.2 Å². The molecule has 0 aliphatic rings. The van der Waals surface area contributed by atoms with Crippen molar-refractivity contribution in [1.82, 2.24) is 0 Å². The van der Waals surface area contributed by atoms with Crippen molar-refractivity contribution in [3.05, 3.63) is 32.8 Å². The minimum Gasteiger partial charge on any atom is -0.377 e. The molecule has 4 nitrogen and oxygen atoms in total. The normalized spacial score (nSPS) is 12.2. The number of unbranched alkanes of at least 4 members (excludes halogenated alkanes) is 1. The van der Waals surface area contributed by atoms with Crippen molar-refractivity contribution in [2.45, 2.75) is 45.6 Å². The highest BCUT2D eigenvalue weighted by Crippen LogP contribution is 2.29. The SMILES string of the molecule is CCCCC(CC)Nc1ccc(Br)cc1[N+](=O)[O-]. The summed E-state index contributed by atoms with van der Waals surface area (Å²) in [4.78, 5) is 10.7. The molecule has 1 aromatic carbocycles. The molecular weight excluding hydrogens is 296 g/mol. The van der Waals surface area contributed by atoms with Crippen molar-refractivity contribution >= 4 is 27.3 Å². The van der Waals surface area contributed by atoms with Gasteiger partial charge in [-0.15, -0.1) is 0 Å². The zero-order valence-electron chi connectivity index (χ0n) is 10.8. The number of nitrogens with one attached hydrogen (secondary N) is 1. The number of anilines is 1. The lowest BCUT2D eigenvalue weighted by Crippen LogP contribution is -2.18. The zero-order chi connectivity index (χ0) is 13.5. The van der Waals surface area contributed by atoms with Crippen LogP contribution in [-0.4, -0.2) is 11.0 Å². The van der Waals surface area contributed by atoms with Crippen LogP contribution in [0.3, 0.4) is 0 Å². The van der Waals surface area contributed by atoms with Crippen LogP contribution in [-0.2, 0) is 0 Å². The van der Waals surface area contributed by atoms with E-state index in [4.69, 9.17) is 0 Å². The van der Waals surface area contributed by atoms with E-state index in [1.54, 1.807) is 6.07 Å². The second kappa shape index (κ2) is 7.36. The van der Waals surface area contributed by atoms with Gasteiger partial charge in [0, 0.05) is 16.6 Å². The molecule has 18 heavy (non-hydrogen) atoms. The van der Waals surface area contributed by atoms with Crippen molar-refractivity contribution in [3.63, 3.8) is 0 Å². The van der Waals surface area contributed by atoms with Gasteiger partial charge in [-0.2, -0.15) is 0 Å². The maximum Gasteiger partial charge on any atom is 0.293 e. The number of nitrogens with zero attached hydrogens (tertiary/aromatic N) is 1. The molecule has 0 saturated heterocycles. The van der Waals surface area contributed by atoms with Crippen LogP contribution in [0.2, 0.25) is 0 Å². The van der Waals surface area contributed by atoms with E-state index in [0.717, 1.165) is 30.2 Å². The molecule has 5 heteroatoms. The number of halogens is 1. The third-order valence-electron chi connectivity index (χ3n) is 2.92. The van der Waals surface area contributed by atoms with Gasteiger partial charge in [-0.05, 0) is 25.0 Å². The number of benzene rings is 1. The van der Waals surface area contributed by atoms with Gasteiger partial charge in [0.05, 0.1) is 4.92 Å². The molecule has 0 bridgehead atoms. The van der Waals surface area contributed by atoms with Crippen LogP contribution >= 0.6 is 15.9 Å². The standard InChI is InChI=1S/C13H19BrN2O2/c1-3-5-6-11(4-2)15-12-8-7-10(14)9-13(12)16(17)18/h7-9,11,15H,3-6H2,1-2H3. The van der Waals surface area contributed by atoms with Crippen LogP contribution in [0.15, 0.2) is 22.7 Å². The van der Waals surface area contributed by atoms with Crippen LogP contribution in [0.1, 0.15) is 39.5 Å². The first-order valence-electron chi connectivity index (χ1n) is 6.29. The summed E-state index contributed by atoms with van der Waals surface area (Å²) in [7, 11) is 0. The van der Waals surface area contributed by atoms with Crippen molar-refractivity contribution in [2.75, 3.05) is 5.32 Å². The molecule has 100 valence electrons. The first kappa shape index (κ1) is 15.0. The molecule has 0 aliphatic heterocycles. The van der Waals surface area contributed by atoms with E-state index in [0.29, 0.717) is 11.7 Å². The van der Waals surface area contributed by atoms with Gasteiger partial charge < -0.3 is 5.32 Å². The number of rotatable bonds is 7. The molecule has 0 saturated carbocycles. The Hall–Kier alpha value is -1.10. The van der Waals surface area contributed by atoms with Crippen molar-refractivity contribution < 1.29 is 4.92 Å². The van der Waals surface area contributed by atoms with Crippen molar-refractivity contribution in [1.29, 1.82) is 0 Å². The Morgan fingerprint density at radius 3 is 2.72 bits per heavy atom. The van der Waals surface area contributed by atoms with E-state index in [1.807, 2.05) is 6.07 Å². The van der Waals surface area contributed by atoms with Gasteiger partial charge in [-0.1, -0.05) is 42.6 Å². The first-order chi connectivity index (χ1) is 8.58. The van der Waals surface area contributed by atoms with Crippen LogP contribution < -0.4 is 5.32 Å². The molecule has 1 unspecified atom stereocenters. The maximum absolute atomic E-state index is 11.0. The molecule has 1 atom stereocenters. The van der Waals surface area contributed by atoms with Gasteiger partial charge in [0.2, 0.25) is 0 Å². The Kier molecular flexibility index (Phi) is 6.12. The second-order valence-corrected chi connectivity index (χ2v) is 5.23. The van der Waals surface area contributed by atoms with Gasteiger partial charge in [0.25, 0.3) is 5.69 Å². The summed E-state index contributed by atoms with van der Waals surface area (Å²) in [5.74, 6) is 0. The molecule has 0 aromatic heterocycles. The summed E-state index contributed by atoms with van der Waals surface area (Å²) >= 11 is 3.26. The van der Waals surface area contributed by atoms with Crippen molar-refractivity contribution in [3.8, 4) is 0 Å². The summed E-state index contributed by atoms with van der Waals surface area (Å²) in [5, 5.41) is 14.3. The van der Waals surface area contributed by atoms with E-state index < -0.39 is 0 Å². The third-order valence-corrected chi connectivity index (χ3v) is 3.41. The van der Waals surface area contributed by atoms with Gasteiger partial charge in [0.1, 0.15) is 5.69 Å². The molecule has 0 radical (unpaired) electrons. The third kappa shape index (κ3) is 4.29. The van der Waals surface area contributed by atoms with Crippen LogP contribution in [0.4, 0.5) is 11.4 Å². The molecule has 1 N–H and O–H groups in total. The highest BCUT2D eigenvalue weighted by Gasteiger charge is 2.16. The lowest BCUT2D eigenvalue weighted by atomic mass is 10.1. The molecular formula is C13H19BrN2O2.